The molecule has 7 rings (SSSR count). The number of likely N-dealkylation sites (tertiary alicyclic amines) is 1. The van der Waals surface area contributed by atoms with E-state index >= 15 is 0 Å². The van der Waals surface area contributed by atoms with E-state index < -0.39 is 47.2 Å². The van der Waals surface area contributed by atoms with Crippen molar-refractivity contribution < 1.29 is 33.4 Å². The van der Waals surface area contributed by atoms with Gasteiger partial charge in [-0.3, -0.25) is 34.0 Å². The molecule has 2 fully saturated rings. The van der Waals surface area contributed by atoms with Gasteiger partial charge in [-0.05, 0) is 81.4 Å². The van der Waals surface area contributed by atoms with Gasteiger partial charge in [0.1, 0.15) is 18.1 Å². The van der Waals surface area contributed by atoms with Crippen LogP contribution in [0.15, 0.2) is 54.6 Å². The fraction of sp³-hybridized carbons (Fsp3) is 0.521. The van der Waals surface area contributed by atoms with Gasteiger partial charge in [0.05, 0.1) is 40.7 Å². The van der Waals surface area contributed by atoms with Gasteiger partial charge >= 0.3 is 5.97 Å². The van der Waals surface area contributed by atoms with Gasteiger partial charge in [0.25, 0.3) is 5.91 Å². The summed E-state index contributed by atoms with van der Waals surface area (Å²) in [5, 5.41) is 8.08. The molecule has 2 saturated heterocycles. The molecular formula is C48H62N8O7S. The SMILES string of the molecule is C=CC(=O)N1CCC(C(=O)N(C)[C@H](C(=O)N[C@H]2Cc3nc(cs3)-c3ccc4c(c3)c(c(-c3cccnc3[C@H](C)OC)n4CC)CC(C)(C)COC(=O)[C@@H]3CCCN(N3)C2=O)C(C)C)C1. The highest BCUT2D eigenvalue weighted by Gasteiger charge is 2.40. The Balaban J connectivity index is 1.27. The Kier molecular flexibility index (Phi) is 14.1. The number of pyridine rings is 1. The van der Waals surface area contributed by atoms with E-state index in [1.54, 1.807) is 25.3 Å². The Morgan fingerprint density at radius 2 is 1.94 bits per heavy atom. The van der Waals surface area contributed by atoms with Crippen molar-refractivity contribution in [3.63, 3.8) is 0 Å². The fourth-order valence-corrected chi connectivity index (χ4v) is 10.3. The Labute approximate surface area is 379 Å². The molecule has 1 aromatic carbocycles. The molecule has 6 heterocycles. The van der Waals surface area contributed by atoms with Gasteiger partial charge in [0.2, 0.25) is 17.7 Å². The minimum atomic E-state index is -1.08. The minimum absolute atomic E-state index is 0.0752. The van der Waals surface area contributed by atoms with Crippen molar-refractivity contribution in [2.45, 2.75) is 104 Å². The topological polar surface area (TPSA) is 168 Å². The number of cyclic esters (lactones) is 1. The number of nitrogens with zero attached hydrogens (tertiary/aromatic N) is 6. The molecule has 0 aliphatic carbocycles. The van der Waals surface area contributed by atoms with Crippen molar-refractivity contribution in [3.05, 3.63) is 70.8 Å². The average Bonchev–Trinajstić information content (AvgIpc) is 4.05. The van der Waals surface area contributed by atoms with Gasteiger partial charge in [-0.1, -0.05) is 40.3 Å². The monoisotopic (exact) mass is 894 g/mol. The van der Waals surface area contributed by atoms with Crippen LogP contribution in [0.1, 0.15) is 83.2 Å². The van der Waals surface area contributed by atoms with E-state index in [2.05, 4.69) is 66.9 Å². The summed E-state index contributed by atoms with van der Waals surface area (Å²) in [6, 6.07) is 7.62. The lowest BCUT2D eigenvalue weighted by atomic mass is 9.84. The molecule has 4 aromatic rings. The molecule has 4 amide bonds. The number of aryl methyl sites for hydroxylation is 1. The summed E-state index contributed by atoms with van der Waals surface area (Å²) in [4.78, 5) is 81.9. The number of hydrazine groups is 1. The molecule has 3 aliphatic rings. The number of fused-ring (bicyclic) bond motifs is 6. The number of hydrogen-bond donors (Lipinski definition) is 2. The maximum absolute atomic E-state index is 14.6. The molecule has 2 N–H and O–H groups in total. The van der Waals surface area contributed by atoms with Crippen LogP contribution < -0.4 is 10.7 Å². The number of hydrogen-bond acceptors (Lipinski definition) is 11. The van der Waals surface area contributed by atoms with E-state index in [-0.39, 0.29) is 43.4 Å². The number of esters is 1. The Bertz CT molecular complexity index is 2420. The van der Waals surface area contributed by atoms with Crippen LogP contribution in [0.5, 0.6) is 0 Å². The molecule has 5 atom stereocenters. The van der Waals surface area contributed by atoms with Crippen LogP contribution in [0.25, 0.3) is 33.4 Å². The number of nitrogens with one attached hydrogen (secondary N) is 2. The van der Waals surface area contributed by atoms with E-state index in [0.29, 0.717) is 50.3 Å². The highest BCUT2D eigenvalue weighted by Crippen LogP contribution is 2.42. The minimum Gasteiger partial charge on any atom is -0.464 e. The molecule has 0 spiro atoms. The van der Waals surface area contributed by atoms with Crippen molar-refractivity contribution in [1.29, 1.82) is 0 Å². The number of methoxy groups -OCH3 is 1. The third kappa shape index (κ3) is 9.50. The average molecular weight is 895 g/mol. The van der Waals surface area contributed by atoms with Crippen molar-refractivity contribution in [1.82, 2.24) is 40.1 Å². The summed E-state index contributed by atoms with van der Waals surface area (Å²) in [5.41, 5.74) is 9.25. The normalized spacial score (nSPS) is 21.3. The van der Waals surface area contributed by atoms with Gasteiger partial charge in [-0.25, -0.2) is 10.4 Å². The number of rotatable bonds is 10. The summed E-state index contributed by atoms with van der Waals surface area (Å²) < 4.78 is 14.2. The van der Waals surface area contributed by atoms with Crippen LogP contribution in [-0.2, 0) is 52.8 Å². The van der Waals surface area contributed by atoms with E-state index in [1.165, 1.54) is 27.3 Å². The summed E-state index contributed by atoms with van der Waals surface area (Å²) in [6.45, 7) is 17.4. The zero-order chi connectivity index (χ0) is 46.0. The second-order valence-corrected chi connectivity index (χ2v) is 19.3. The maximum atomic E-state index is 14.6. The standard InChI is InChI=1S/C48H62N8O7S/c1-10-40(57)54-21-18-31(25-54)45(59)53(8)42(28(3)4)44(58)51-36-23-39-50-37(26-64-39)30-16-17-38-33(22-30)34(43(55(38)11-2)32-14-12-19-49-41(32)29(5)62-9)24-48(6,7)27-63-47(61)35-15-13-20-56(52-35)46(36)60/h10,12,14,16-17,19,22,26,28-29,31,35-36,42,52H,1,11,13,15,18,20-21,23-25,27H2,2-9H3,(H,51,58)/t29-,31?,35-,36-,42-/m0/s1. The highest BCUT2D eigenvalue weighted by atomic mass is 32.1. The number of carbonyl (C=O) groups is 5. The lowest BCUT2D eigenvalue weighted by Crippen LogP contribution is -2.62. The van der Waals surface area contributed by atoms with Crippen LogP contribution in [0.2, 0.25) is 0 Å². The first-order chi connectivity index (χ1) is 30.5. The molecule has 0 saturated carbocycles. The van der Waals surface area contributed by atoms with Crippen molar-refractivity contribution in [2.75, 3.05) is 40.4 Å². The second kappa shape index (κ2) is 19.3. The summed E-state index contributed by atoms with van der Waals surface area (Å²) in [5.74, 6) is -2.63. The Morgan fingerprint density at radius 1 is 1.16 bits per heavy atom. The fourth-order valence-electron chi connectivity index (χ4n) is 9.46. The molecule has 6 bridgehead atoms. The van der Waals surface area contributed by atoms with E-state index in [1.807, 2.05) is 32.2 Å². The lowest BCUT2D eigenvalue weighted by Gasteiger charge is -2.36. The molecule has 3 aliphatic heterocycles. The summed E-state index contributed by atoms with van der Waals surface area (Å²) in [6.07, 6.45) is 4.90. The van der Waals surface area contributed by atoms with Gasteiger partial charge in [0.15, 0.2) is 0 Å². The molecule has 64 heavy (non-hydrogen) atoms. The number of amides is 4. The number of aromatic nitrogens is 3. The third-order valence-electron chi connectivity index (χ3n) is 12.8. The van der Waals surface area contributed by atoms with Crippen molar-refractivity contribution in [3.8, 4) is 22.5 Å². The van der Waals surface area contributed by atoms with Crippen LogP contribution in [0.3, 0.4) is 0 Å². The molecular weight excluding hydrogens is 833 g/mol. The van der Waals surface area contributed by atoms with Gasteiger partial charge in [0, 0.05) is 85.8 Å². The predicted molar refractivity (Wildman–Crippen MR) is 246 cm³/mol. The highest BCUT2D eigenvalue weighted by molar-refractivity contribution is 7.10. The number of thiazole rings is 1. The zero-order valence-corrected chi connectivity index (χ0v) is 39.1. The third-order valence-corrected chi connectivity index (χ3v) is 13.7. The molecule has 3 aromatic heterocycles. The van der Waals surface area contributed by atoms with Crippen LogP contribution in [0.4, 0.5) is 0 Å². The van der Waals surface area contributed by atoms with E-state index in [4.69, 9.17) is 19.4 Å². The number of ether oxygens (including phenoxy) is 2. The number of benzene rings is 1. The summed E-state index contributed by atoms with van der Waals surface area (Å²) in [7, 11) is 3.28. The number of carbonyl (C=O) groups excluding carboxylic acids is 5. The molecule has 342 valence electrons. The van der Waals surface area contributed by atoms with Gasteiger partial charge in [-0.15, -0.1) is 11.3 Å². The van der Waals surface area contributed by atoms with Crippen LogP contribution in [0, 0.1) is 17.3 Å². The van der Waals surface area contributed by atoms with Gasteiger partial charge < -0.3 is 29.2 Å². The first kappa shape index (κ1) is 46.5. The second-order valence-electron chi connectivity index (χ2n) is 18.4. The van der Waals surface area contributed by atoms with Crippen molar-refractivity contribution in [2.24, 2.45) is 17.3 Å². The van der Waals surface area contributed by atoms with Gasteiger partial charge in [-0.2, -0.15) is 0 Å². The quantitative estimate of drug-likeness (QED) is 0.149. The molecule has 0 radical (unpaired) electrons. The smallest absolute Gasteiger partial charge is 0.324 e. The van der Waals surface area contributed by atoms with E-state index in [9.17, 15) is 24.0 Å². The zero-order valence-electron chi connectivity index (χ0n) is 38.3. The van der Waals surface area contributed by atoms with Crippen LogP contribution in [-0.4, -0.2) is 117 Å². The Morgan fingerprint density at radius 3 is 2.66 bits per heavy atom. The first-order valence-electron chi connectivity index (χ1n) is 22.4. The maximum Gasteiger partial charge on any atom is 0.324 e. The van der Waals surface area contributed by atoms with E-state index in [0.717, 1.165) is 44.7 Å². The first-order valence-corrected chi connectivity index (χ1v) is 23.2. The summed E-state index contributed by atoms with van der Waals surface area (Å²) >= 11 is 1.40. The molecule has 16 heteroatoms. The predicted octanol–water partition coefficient (Wildman–Crippen LogP) is 5.72. The molecule has 1 unspecified atom stereocenters. The Hall–Kier alpha value is -5.45. The van der Waals surface area contributed by atoms with Crippen molar-refractivity contribution >= 4 is 51.8 Å². The van der Waals surface area contributed by atoms with Crippen LogP contribution >= 0.6 is 11.3 Å². The molecule has 15 nitrogen and oxygen atoms in total. The number of likely N-dealkylation sites (N-methyl/N-ethyl adjacent to an activating group) is 1. The largest absolute Gasteiger partial charge is 0.464 e. The lowest BCUT2D eigenvalue weighted by molar-refractivity contribution is -0.155.